The lowest BCUT2D eigenvalue weighted by atomic mass is 9.91. The van der Waals surface area contributed by atoms with E-state index in [1.165, 1.54) is 12.1 Å². The fraction of sp³-hybridized carbons (Fsp3) is 0.312. The maximum Gasteiger partial charge on any atom is 0.128 e. The zero-order chi connectivity index (χ0) is 27.5. The summed E-state index contributed by atoms with van der Waals surface area (Å²) in [5.41, 5.74) is 4.06. The highest BCUT2D eigenvalue weighted by atomic mass is 32.1. The third kappa shape index (κ3) is 5.86. The van der Waals surface area contributed by atoms with Gasteiger partial charge in [0, 0.05) is 17.3 Å². The predicted octanol–water partition coefficient (Wildman–Crippen LogP) is 6.91. The van der Waals surface area contributed by atoms with Crippen LogP contribution in [0.3, 0.4) is 0 Å². The molecule has 39 heavy (non-hydrogen) atoms. The number of hydrogen-bond acceptors (Lipinski definition) is 6. The molecule has 5 nitrogen and oxygen atoms in total. The molecule has 1 aliphatic carbocycles. The lowest BCUT2D eigenvalue weighted by molar-refractivity contribution is 0.157. The van der Waals surface area contributed by atoms with Crippen molar-refractivity contribution in [2.45, 2.75) is 55.8 Å². The summed E-state index contributed by atoms with van der Waals surface area (Å²) in [6, 6.07) is 18.6. The lowest BCUT2D eigenvalue weighted by Crippen LogP contribution is -2.33. The number of allylic oxidation sites excluding steroid dienone is 3. The minimum atomic E-state index is -0.669. The molecule has 3 aromatic carbocycles. The molecule has 0 aromatic heterocycles. The molecule has 204 valence electrons. The Hall–Kier alpha value is -3.26. The Morgan fingerprint density at radius 3 is 2.46 bits per heavy atom. The molecule has 7 heteroatoms. The van der Waals surface area contributed by atoms with E-state index in [-0.39, 0.29) is 34.9 Å². The van der Waals surface area contributed by atoms with Crippen LogP contribution in [0.2, 0.25) is 0 Å². The van der Waals surface area contributed by atoms with Crippen molar-refractivity contribution in [2.24, 2.45) is 0 Å². The predicted molar refractivity (Wildman–Crippen MR) is 156 cm³/mol. The van der Waals surface area contributed by atoms with Gasteiger partial charge in [-0.05, 0) is 92.2 Å². The van der Waals surface area contributed by atoms with Crippen molar-refractivity contribution >= 4 is 12.6 Å². The SMILES string of the molecule is CN1C(CCCC(O)c2ccc(F)cc2)C(c2ccc(-c3cccc(O)c3)cc2O)N(C2=CCCC=C2)C1S. The Morgan fingerprint density at radius 2 is 1.77 bits per heavy atom. The zero-order valence-electron chi connectivity index (χ0n) is 22.0. The fourth-order valence-corrected chi connectivity index (χ4v) is 6.20. The van der Waals surface area contributed by atoms with Crippen LogP contribution in [0.1, 0.15) is 55.4 Å². The number of phenols is 2. The highest BCUT2D eigenvalue weighted by molar-refractivity contribution is 7.80. The van der Waals surface area contributed by atoms with Gasteiger partial charge in [0.2, 0.25) is 0 Å². The van der Waals surface area contributed by atoms with Gasteiger partial charge in [-0.25, -0.2) is 4.39 Å². The second kappa shape index (κ2) is 11.9. The number of thiol groups is 1. The van der Waals surface area contributed by atoms with Crippen LogP contribution >= 0.6 is 12.6 Å². The Labute approximate surface area is 234 Å². The third-order valence-electron chi connectivity index (χ3n) is 7.83. The molecule has 0 amide bonds. The minimum Gasteiger partial charge on any atom is -0.508 e. The molecule has 4 atom stereocenters. The first-order valence-electron chi connectivity index (χ1n) is 13.4. The van der Waals surface area contributed by atoms with Crippen LogP contribution in [-0.2, 0) is 0 Å². The quantitative estimate of drug-likeness (QED) is 0.231. The second-order valence-electron chi connectivity index (χ2n) is 10.4. The van der Waals surface area contributed by atoms with Crippen LogP contribution in [0.4, 0.5) is 4.39 Å². The topological polar surface area (TPSA) is 67.2 Å². The Kier molecular flexibility index (Phi) is 8.31. The van der Waals surface area contributed by atoms with Gasteiger partial charge >= 0.3 is 0 Å². The van der Waals surface area contributed by atoms with Crippen LogP contribution in [0.5, 0.6) is 11.5 Å². The molecule has 2 aliphatic rings. The summed E-state index contributed by atoms with van der Waals surface area (Å²) >= 11 is 5.00. The second-order valence-corrected chi connectivity index (χ2v) is 10.8. The normalized spacial score (nSPS) is 22.2. The maximum atomic E-state index is 13.3. The summed E-state index contributed by atoms with van der Waals surface area (Å²) in [6.07, 6.45) is 9.88. The third-order valence-corrected chi connectivity index (χ3v) is 8.45. The van der Waals surface area contributed by atoms with Crippen LogP contribution in [-0.4, -0.2) is 43.7 Å². The van der Waals surface area contributed by atoms with E-state index in [1.54, 1.807) is 36.4 Å². The minimum absolute atomic E-state index is 0.0293. The summed E-state index contributed by atoms with van der Waals surface area (Å²) < 4.78 is 13.3. The van der Waals surface area contributed by atoms with Crippen molar-refractivity contribution in [2.75, 3.05) is 7.05 Å². The van der Waals surface area contributed by atoms with Gasteiger partial charge in [0.25, 0.3) is 0 Å². The maximum absolute atomic E-state index is 13.3. The molecule has 1 aliphatic heterocycles. The molecule has 1 fully saturated rings. The smallest absolute Gasteiger partial charge is 0.128 e. The highest BCUT2D eigenvalue weighted by Crippen LogP contribution is 2.47. The molecular formula is C32H35FN2O3S. The summed E-state index contributed by atoms with van der Waals surface area (Å²) in [7, 11) is 2.05. The first-order chi connectivity index (χ1) is 18.8. The number of nitrogens with zero attached hydrogens (tertiary/aromatic N) is 2. The van der Waals surface area contributed by atoms with Gasteiger partial charge < -0.3 is 20.2 Å². The molecule has 1 saturated heterocycles. The number of rotatable bonds is 8. The van der Waals surface area contributed by atoms with Gasteiger partial charge in [-0.1, -0.05) is 48.6 Å². The van der Waals surface area contributed by atoms with Crippen molar-refractivity contribution < 1.29 is 19.7 Å². The van der Waals surface area contributed by atoms with Gasteiger partial charge in [0.1, 0.15) is 22.8 Å². The summed E-state index contributed by atoms with van der Waals surface area (Å²) in [5, 5.41) is 32.0. The number of aliphatic hydroxyl groups is 1. The first kappa shape index (κ1) is 27.3. The number of hydrogen-bond donors (Lipinski definition) is 4. The fourth-order valence-electron chi connectivity index (χ4n) is 5.75. The largest absolute Gasteiger partial charge is 0.508 e. The van der Waals surface area contributed by atoms with E-state index in [4.69, 9.17) is 12.6 Å². The number of aliphatic hydroxyl groups excluding tert-OH is 1. The van der Waals surface area contributed by atoms with Gasteiger partial charge in [0.15, 0.2) is 0 Å². The standard InChI is InChI=1S/C32H35FN2O3S/c1-34-28(11-6-12-29(37)21-13-16-24(33)17-14-21)31(35(32(34)39)25-8-3-2-4-9-25)27-18-15-23(20-30(27)38)22-7-5-10-26(36)19-22/h3,5,7-10,13-20,28-29,31-32,36-39H,2,4,6,11-12H2,1H3. The van der Waals surface area contributed by atoms with Crippen LogP contribution < -0.4 is 0 Å². The van der Waals surface area contributed by atoms with Crippen LogP contribution in [0, 0.1) is 5.82 Å². The van der Waals surface area contributed by atoms with E-state index < -0.39 is 6.10 Å². The average Bonchev–Trinajstić information content (AvgIpc) is 3.18. The zero-order valence-corrected chi connectivity index (χ0v) is 22.9. The van der Waals surface area contributed by atoms with Crippen molar-refractivity contribution in [3.63, 3.8) is 0 Å². The number of phenolic OH excluding ortho intramolecular Hbond substituents is 2. The Balaban J connectivity index is 1.43. The molecule has 3 aromatic rings. The number of halogens is 1. The van der Waals surface area contributed by atoms with Gasteiger partial charge in [-0.3, -0.25) is 4.90 Å². The van der Waals surface area contributed by atoms with Crippen molar-refractivity contribution in [1.82, 2.24) is 9.80 Å². The van der Waals surface area contributed by atoms with Gasteiger partial charge in [0.05, 0.1) is 12.1 Å². The van der Waals surface area contributed by atoms with Crippen LogP contribution in [0.15, 0.2) is 90.7 Å². The molecule has 0 radical (unpaired) electrons. The van der Waals surface area contributed by atoms with E-state index in [2.05, 4.69) is 35.1 Å². The monoisotopic (exact) mass is 546 g/mol. The van der Waals surface area contributed by atoms with Crippen molar-refractivity contribution in [3.05, 3.63) is 108 Å². The summed E-state index contributed by atoms with van der Waals surface area (Å²) in [6.45, 7) is 0. The molecule has 5 rings (SSSR count). The summed E-state index contributed by atoms with van der Waals surface area (Å²) in [4.78, 5) is 4.49. The number of aromatic hydroxyl groups is 2. The van der Waals surface area contributed by atoms with E-state index in [0.29, 0.717) is 12.0 Å². The Morgan fingerprint density at radius 1 is 1.00 bits per heavy atom. The number of benzene rings is 3. The van der Waals surface area contributed by atoms with E-state index in [9.17, 15) is 19.7 Å². The summed E-state index contributed by atoms with van der Waals surface area (Å²) in [5.74, 6) is 0.0529. The molecule has 1 heterocycles. The molecule has 0 saturated carbocycles. The van der Waals surface area contributed by atoms with E-state index in [1.807, 2.05) is 18.2 Å². The van der Waals surface area contributed by atoms with E-state index >= 15 is 0 Å². The molecular weight excluding hydrogens is 511 g/mol. The molecule has 0 bridgehead atoms. The molecule has 0 spiro atoms. The van der Waals surface area contributed by atoms with Crippen LogP contribution in [0.25, 0.3) is 11.1 Å². The Bertz CT molecular complexity index is 1360. The van der Waals surface area contributed by atoms with Gasteiger partial charge in [-0.15, -0.1) is 12.6 Å². The highest BCUT2D eigenvalue weighted by Gasteiger charge is 2.45. The van der Waals surface area contributed by atoms with Crippen molar-refractivity contribution in [3.8, 4) is 22.6 Å². The van der Waals surface area contributed by atoms with Gasteiger partial charge in [-0.2, -0.15) is 0 Å². The first-order valence-corrected chi connectivity index (χ1v) is 14.0. The molecule has 3 N–H and O–H groups in total. The average molecular weight is 547 g/mol. The van der Waals surface area contributed by atoms with E-state index in [0.717, 1.165) is 48.1 Å². The molecule has 4 unspecified atom stereocenters. The number of likely N-dealkylation sites (N-methyl/N-ethyl adjacent to an activating group) is 1. The lowest BCUT2D eigenvalue weighted by Gasteiger charge is -2.33. The van der Waals surface area contributed by atoms with Crippen molar-refractivity contribution in [1.29, 1.82) is 0 Å².